The summed E-state index contributed by atoms with van der Waals surface area (Å²) in [6.45, 7) is 1.92. The van der Waals surface area contributed by atoms with Gasteiger partial charge in [-0.3, -0.25) is 0 Å². The summed E-state index contributed by atoms with van der Waals surface area (Å²) in [4.78, 5) is 7.13. The van der Waals surface area contributed by atoms with Crippen LogP contribution in [0.5, 0.6) is 5.75 Å². The molecule has 6 heteroatoms. The van der Waals surface area contributed by atoms with Crippen LogP contribution in [0.15, 0.2) is 24.5 Å². The lowest BCUT2D eigenvalue weighted by atomic mass is 10.2. The molecule has 0 aliphatic heterocycles. The Morgan fingerprint density at radius 3 is 2.89 bits per heavy atom. The van der Waals surface area contributed by atoms with E-state index in [1.54, 1.807) is 12.4 Å². The number of halogens is 1. The Morgan fingerprint density at radius 1 is 1.50 bits per heavy atom. The molecule has 2 rings (SSSR count). The van der Waals surface area contributed by atoms with Gasteiger partial charge in [-0.25, -0.2) is 9.37 Å². The Morgan fingerprint density at radius 2 is 2.28 bits per heavy atom. The highest BCUT2D eigenvalue weighted by Crippen LogP contribution is 2.30. The highest BCUT2D eigenvalue weighted by molar-refractivity contribution is 5.69. The van der Waals surface area contributed by atoms with Crippen molar-refractivity contribution in [3.8, 4) is 5.75 Å². The van der Waals surface area contributed by atoms with Crippen LogP contribution in [-0.4, -0.2) is 17.1 Å². The minimum absolute atomic E-state index is 0.0718. The number of H-pyrrole nitrogens is 1. The minimum Gasteiger partial charge on any atom is -0.494 e. The smallest absolute Gasteiger partial charge is 0.167 e. The molecule has 1 heterocycles. The van der Waals surface area contributed by atoms with Crippen molar-refractivity contribution >= 4 is 11.4 Å². The summed E-state index contributed by atoms with van der Waals surface area (Å²) >= 11 is 0. The average Bonchev–Trinajstić information content (AvgIpc) is 2.86. The summed E-state index contributed by atoms with van der Waals surface area (Å²) in [5, 5.41) is 3.15. The van der Waals surface area contributed by atoms with Gasteiger partial charge in [0.1, 0.15) is 5.82 Å². The number of imidazole rings is 1. The third-order valence-corrected chi connectivity index (χ3v) is 2.63. The molecule has 1 aromatic carbocycles. The first-order valence-corrected chi connectivity index (χ1v) is 5.50. The van der Waals surface area contributed by atoms with E-state index < -0.39 is 5.82 Å². The van der Waals surface area contributed by atoms with Gasteiger partial charge in [-0.05, 0) is 6.92 Å². The van der Waals surface area contributed by atoms with E-state index in [1.165, 1.54) is 19.2 Å². The number of rotatable bonds is 4. The molecule has 1 aromatic heterocycles. The van der Waals surface area contributed by atoms with Gasteiger partial charge in [-0.15, -0.1) is 0 Å². The van der Waals surface area contributed by atoms with Crippen molar-refractivity contribution in [1.29, 1.82) is 0 Å². The molecule has 1 atom stereocenters. The molecule has 0 aliphatic carbocycles. The van der Waals surface area contributed by atoms with Crippen molar-refractivity contribution in [3.05, 3.63) is 36.2 Å². The minimum atomic E-state index is -0.480. The molecule has 5 nitrogen and oxygen atoms in total. The van der Waals surface area contributed by atoms with Crippen LogP contribution in [0.3, 0.4) is 0 Å². The van der Waals surface area contributed by atoms with E-state index in [0.717, 1.165) is 5.82 Å². The van der Waals surface area contributed by atoms with Gasteiger partial charge in [0.2, 0.25) is 0 Å². The number of nitrogens with zero attached hydrogens (tertiary/aromatic N) is 1. The number of aromatic amines is 1. The summed E-state index contributed by atoms with van der Waals surface area (Å²) < 4.78 is 18.3. The topological polar surface area (TPSA) is 76.0 Å². The quantitative estimate of drug-likeness (QED) is 0.728. The van der Waals surface area contributed by atoms with E-state index in [9.17, 15) is 4.39 Å². The number of hydrogen-bond donors (Lipinski definition) is 3. The summed E-state index contributed by atoms with van der Waals surface area (Å²) in [5.74, 6) is 0.447. The van der Waals surface area contributed by atoms with Crippen LogP contribution in [-0.2, 0) is 0 Å². The zero-order valence-corrected chi connectivity index (χ0v) is 10.2. The number of nitrogens with one attached hydrogen (secondary N) is 2. The highest BCUT2D eigenvalue weighted by Gasteiger charge is 2.12. The maximum atomic E-state index is 13.4. The molecule has 0 bridgehead atoms. The first-order chi connectivity index (χ1) is 8.61. The van der Waals surface area contributed by atoms with E-state index >= 15 is 0 Å². The third-order valence-electron chi connectivity index (χ3n) is 2.63. The summed E-state index contributed by atoms with van der Waals surface area (Å²) in [6, 6.07) is 2.69. The highest BCUT2D eigenvalue weighted by atomic mass is 19.1. The van der Waals surface area contributed by atoms with E-state index in [2.05, 4.69) is 15.3 Å². The Balaban J connectivity index is 2.23. The maximum Gasteiger partial charge on any atom is 0.167 e. The van der Waals surface area contributed by atoms with Crippen molar-refractivity contribution in [3.63, 3.8) is 0 Å². The Hall–Kier alpha value is -2.24. The SMILES string of the molecule is COc1cc(NC(C)c2ncc[nH]2)c(N)cc1F. The standard InChI is InChI=1S/C12H15FN4O/c1-7(12-15-3-4-16-12)17-10-6-11(18-2)8(13)5-9(10)14/h3-7,17H,14H2,1-2H3,(H,15,16). The molecule has 0 fully saturated rings. The summed E-state index contributed by atoms with van der Waals surface area (Å²) in [5.41, 5.74) is 6.69. The van der Waals surface area contributed by atoms with Gasteiger partial charge in [0.05, 0.1) is 24.5 Å². The molecule has 4 N–H and O–H groups in total. The van der Waals surface area contributed by atoms with Crippen LogP contribution < -0.4 is 15.8 Å². The van der Waals surface area contributed by atoms with E-state index in [1.807, 2.05) is 6.92 Å². The van der Waals surface area contributed by atoms with Gasteiger partial charge in [0.15, 0.2) is 11.6 Å². The second kappa shape index (κ2) is 4.95. The van der Waals surface area contributed by atoms with Gasteiger partial charge in [0, 0.05) is 24.5 Å². The number of hydrogen-bond acceptors (Lipinski definition) is 4. The van der Waals surface area contributed by atoms with Crippen LogP contribution in [0.1, 0.15) is 18.8 Å². The summed E-state index contributed by atoms with van der Waals surface area (Å²) in [6.07, 6.45) is 3.41. The molecule has 0 saturated carbocycles. The number of ether oxygens (including phenoxy) is 1. The molecule has 18 heavy (non-hydrogen) atoms. The van der Waals surface area contributed by atoms with Crippen LogP contribution >= 0.6 is 0 Å². The zero-order valence-electron chi connectivity index (χ0n) is 10.2. The first kappa shape index (κ1) is 12.2. The van der Waals surface area contributed by atoms with Gasteiger partial charge in [-0.1, -0.05) is 0 Å². The van der Waals surface area contributed by atoms with Crippen LogP contribution in [0.2, 0.25) is 0 Å². The molecule has 0 spiro atoms. The zero-order chi connectivity index (χ0) is 13.1. The molecule has 0 aliphatic rings. The van der Waals surface area contributed by atoms with Crippen molar-refractivity contribution in [2.75, 3.05) is 18.2 Å². The maximum absolute atomic E-state index is 13.4. The van der Waals surface area contributed by atoms with Crippen molar-refractivity contribution in [2.45, 2.75) is 13.0 Å². The van der Waals surface area contributed by atoms with Gasteiger partial charge in [-0.2, -0.15) is 0 Å². The predicted octanol–water partition coefficient (Wildman–Crippen LogP) is 2.31. The van der Waals surface area contributed by atoms with Crippen molar-refractivity contribution < 1.29 is 9.13 Å². The molecule has 96 valence electrons. The molecule has 0 amide bonds. The largest absolute Gasteiger partial charge is 0.494 e. The Kier molecular flexibility index (Phi) is 3.36. The number of benzene rings is 1. The molecule has 2 aromatic rings. The van der Waals surface area contributed by atoms with Crippen molar-refractivity contribution in [1.82, 2.24) is 9.97 Å². The van der Waals surface area contributed by atoms with Gasteiger partial charge < -0.3 is 20.8 Å². The van der Waals surface area contributed by atoms with Crippen LogP contribution in [0.4, 0.5) is 15.8 Å². The fourth-order valence-corrected chi connectivity index (χ4v) is 1.67. The number of methoxy groups -OCH3 is 1. The molecule has 0 saturated heterocycles. The lowest BCUT2D eigenvalue weighted by Crippen LogP contribution is -2.10. The van der Waals surface area contributed by atoms with Crippen LogP contribution in [0, 0.1) is 5.82 Å². The average molecular weight is 250 g/mol. The van der Waals surface area contributed by atoms with Gasteiger partial charge in [0.25, 0.3) is 0 Å². The van der Waals surface area contributed by atoms with E-state index in [4.69, 9.17) is 10.5 Å². The monoisotopic (exact) mass is 250 g/mol. The molecular weight excluding hydrogens is 235 g/mol. The summed E-state index contributed by atoms with van der Waals surface area (Å²) in [7, 11) is 1.41. The fraction of sp³-hybridized carbons (Fsp3) is 0.250. The van der Waals surface area contributed by atoms with E-state index in [-0.39, 0.29) is 11.8 Å². The molecule has 0 radical (unpaired) electrons. The lowest BCUT2D eigenvalue weighted by Gasteiger charge is -2.16. The van der Waals surface area contributed by atoms with Crippen LogP contribution in [0.25, 0.3) is 0 Å². The normalized spacial score (nSPS) is 12.2. The number of nitrogen functional groups attached to an aromatic ring is 1. The number of nitrogens with two attached hydrogens (primary N) is 1. The number of anilines is 2. The van der Waals surface area contributed by atoms with Gasteiger partial charge >= 0.3 is 0 Å². The second-order valence-corrected chi connectivity index (χ2v) is 3.91. The number of aromatic nitrogens is 2. The molecular formula is C12H15FN4O. The first-order valence-electron chi connectivity index (χ1n) is 5.50. The predicted molar refractivity (Wildman–Crippen MR) is 68.0 cm³/mol. The second-order valence-electron chi connectivity index (χ2n) is 3.91. The fourth-order valence-electron chi connectivity index (χ4n) is 1.67. The Labute approximate surface area is 104 Å². The Bertz CT molecular complexity index is 527. The molecule has 1 unspecified atom stereocenters. The van der Waals surface area contributed by atoms with Crippen molar-refractivity contribution in [2.24, 2.45) is 0 Å². The lowest BCUT2D eigenvalue weighted by molar-refractivity contribution is 0.387. The van der Waals surface area contributed by atoms with E-state index in [0.29, 0.717) is 11.4 Å². The third kappa shape index (κ3) is 2.37.